The number of rotatable bonds is 2. The van der Waals surface area contributed by atoms with Crippen molar-refractivity contribution in [3.05, 3.63) is 11.7 Å². The number of hydrogen-bond acceptors (Lipinski definition) is 4. The van der Waals surface area contributed by atoms with E-state index in [-0.39, 0.29) is 0 Å². The summed E-state index contributed by atoms with van der Waals surface area (Å²) >= 11 is 0. The van der Waals surface area contributed by atoms with Gasteiger partial charge in [-0.15, -0.1) is 0 Å². The zero-order chi connectivity index (χ0) is 10.3. The van der Waals surface area contributed by atoms with Crippen LogP contribution in [0, 0.1) is 5.92 Å². The van der Waals surface area contributed by atoms with E-state index in [1.807, 2.05) is 0 Å². The summed E-state index contributed by atoms with van der Waals surface area (Å²) in [7, 11) is 0. The summed E-state index contributed by atoms with van der Waals surface area (Å²) in [6.07, 6.45) is 3.61. The Bertz CT molecular complexity index is 343. The third-order valence-electron chi connectivity index (χ3n) is 3.54. The van der Waals surface area contributed by atoms with E-state index in [0.29, 0.717) is 11.8 Å². The largest absolute Gasteiger partial charge is 0.339 e. The van der Waals surface area contributed by atoms with Crippen LogP contribution in [0.3, 0.4) is 0 Å². The predicted molar refractivity (Wildman–Crippen MR) is 55.7 cm³/mol. The first-order valence-corrected chi connectivity index (χ1v) is 5.89. The monoisotopic (exact) mass is 207 g/mol. The van der Waals surface area contributed by atoms with Crippen LogP contribution < -0.4 is 5.32 Å². The zero-order valence-corrected chi connectivity index (χ0v) is 9.07. The van der Waals surface area contributed by atoms with Crippen molar-refractivity contribution in [2.45, 2.75) is 38.0 Å². The molecule has 0 radical (unpaired) electrons. The summed E-state index contributed by atoms with van der Waals surface area (Å²) in [6, 6.07) is 0. The molecular formula is C11H17N3O. The van der Waals surface area contributed by atoms with Gasteiger partial charge in [0.25, 0.3) is 0 Å². The lowest BCUT2D eigenvalue weighted by molar-refractivity contribution is 0.320. The first-order valence-electron chi connectivity index (χ1n) is 5.89. The minimum Gasteiger partial charge on any atom is -0.339 e. The average Bonchev–Trinajstić information content (AvgIpc) is 2.83. The highest BCUT2D eigenvalue weighted by Crippen LogP contribution is 2.45. The lowest BCUT2D eigenvalue weighted by atomic mass is 10.00. The van der Waals surface area contributed by atoms with E-state index in [1.54, 1.807) is 0 Å². The molecule has 2 aliphatic rings. The molecule has 1 N–H and O–H groups in total. The molecule has 2 unspecified atom stereocenters. The van der Waals surface area contributed by atoms with E-state index in [4.69, 9.17) is 4.52 Å². The molecule has 1 saturated heterocycles. The maximum absolute atomic E-state index is 5.35. The number of nitrogens with one attached hydrogen (secondary N) is 1. The van der Waals surface area contributed by atoms with E-state index in [1.165, 1.54) is 19.3 Å². The van der Waals surface area contributed by atoms with Crippen molar-refractivity contribution >= 4 is 0 Å². The molecule has 3 atom stereocenters. The molecule has 1 saturated carbocycles. The summed E-state index contributed by atoms with van der Waals surface area (Å²) in [5.74, 6) is 3.53. The van der Waals surface area contributed by atoms with E-state index >= 15 is 0 Å². The van der Waals surface area contributed by atoms with Crippen LogP contribution in [0.25, 0.3) is 0 Å². The Hall–Kier alpha value is -0.900. The summed E-state index contributed by atoms with van der Waals surface area (Å²) in [5.41, 5.74) is 0. The Balaban J connectivity index is 1.72. The molecule has 0 amide bonds. The van der Waals surface area contributed by atoms with Crippen molar-refractivity contribution < 1.29 is 4.52 Å². The molecule has 1 aromatic rings. The van der Waals surface area contributed by atoms with Gasteiger partial charge in [0.15, 0.2) is 5.82 Å². The fraction of sp³-hybridized carbons (Fsp3) is 0.818. The van der Waals surface area contributed by atoms with Gasteiger partial charge in [0.2, 0.25) is 5.89 Å². The van der Waals surface area contributed by atoms with Gasteiger partial charge in [0.05, 0.1) is 5.92 Å². The molecule has 2 heterocycles. The van der Waals surface area contributed by atoms with Crippen LogP contribution in [0.5, 0.6) is 0 Å². The number of hydrogen-bond donors (Lipinski definition) is 1. The summed E-state index contributed by atoms with van der Waals surface area (Å²) in [4.78, 5) is 4.53. The number of nitrogens with zero attached hydrogens (tertiary/aromatic N) is 2. The van der Waals surface area contributed by atoms with E-state index in [2.05, 4.69) is 22.4 Å². The molecule has 15 heavy (non-hydrogen) atoms. The Morgan fingerprint density at radius 2 is 2.33 bits per heavy atom. The number of piperidine rings is 1. The number of aromatic nitrogens is 2. The fourth-order valence-electron chi connectivity index (χ4n) is 2.31. The Kier molecular flexibility index (Phi) is 2.24. The molecule has 4 heteroatoms. The first-order chi connectivity index (χ1) is 7.34. The Labute approximate surface area is 89.4 Å². The van der Waals surface area contributed by atoms with Crippen LogP contribution in [0.4, 0.5) is 0 Å². The molecule has 0 bridgehead atoms. The van der Waals surface area contributed by atoms with E-state index in [0.717, 1.165) is 30.7 Å². The van der Waals surface area contributed by atoms with E-state index < -0.39 is 0 Å². The fourth-order valence-corrected chi connectivity index (χ4v) is 2.31. The molecule has 0 aromatic carbocycles. The van der Waals surface area contributed by atoms with Crippen LogP contribution >= 0.6 is 0 Å². The van der Waals surface area contributed by atoms with Crippen molar-refractivity contribution in [3.8, 4) is 0 Å². The van der Waals surface area contributed by atoms with Crippen LogP contribution in [0.15, 0.2) is 4.52 Å². The van der Waals surface area contributed by atoms with Crippen molar-refractivity contribution in [1.29, 1.82) is 0 Å². The van der Waals surface area contributed by atoms with Crippen LogP contribution in [-0.2, 0) is 0 Å². The van der Waals surface area contributed by atoms with Gasteiger partial charge in [0, 0.05) is 12.5 Å². The second-order valence-electron chi connectivity index (χ2n) is 4.85. The molecule has 1 aromatic heterocycles. The maximum Gasteiger partial charge on any atom is 0.231 e. The predicted octanol–water partition coefficient (Wildman–Crippen LogP) is 1.66. The van der Waals surface area contributed by atoms with Gasteiger partial charge < -0.3 is 9.84 Å². The normalized spacial score (nSPS) is 35.4. The molecule has 1 aliphatic heterocycles. The first kappa shape index (κ1) is 9.33. The molecular weight excluding hydrogens is 190 g/mol. The van der Waals surface area contributed by atoms with E-state index in [9.17, 15) is 0 Å². The Morgan fingerprint density at radius 1 is 1.47 bits per heavy atom. The third kappa shape index (κ3) is 1.78. The maximum atomic E-state index is 5.35. The lowest BCUT2D eigenvalue weighted by Gasteiger charge is -2.18. The lowest BCUT2D eigenvalue weighted by Crippen LogP contribution is -2.28. The van der Waals surface area contributed by atoms with Crippen molar-refractivity contribution in [3.63, 3.8) is 0 Å². The van der Waals surface area contributed by atoms with Gasteiger partial charge in [-0.3, -0.25) is 0 Å². The molecule has 82 valence electrons. The smallest absolute Gasteiger partial charge is 0.231 e. The highest BCUT2D eigenvalue weighted by atomic mass is 16.5. The molecule has 3 rings (SSSR count). The van der Waals surface area contributed by atoms with Crippen molar-refractivity contribution in [2.75, 3.05) is 13.1 Å². The second-order valence-corrected chi connectivity index (χ2v) is 4.85. The molecule has 2 fully saturated rings. The van der Waals surface area contributed by atoms with Crippen molar-refractivity contribution in [2.24, 2.45) is 5.92 Å². The molecule has 0 spiro atoms. The minimum atomic E-state index is 0.439. The van der Waals surface area contributed by atoms with Gasteiger partial charge in [-0.25, -0.2) is 0 Å². The topological polar surface area (TPSA) is 51.0 Å². The van der Waals surface area contributed by atoms with Crippen molar-refractivity contribution in [1.82, 2.24) is 15.5 Å². The molecule has 4 nitrogen and oxygen atoms in total. The summed E-state index contributed by atoms with van der Waals surface area (Å²) in [6.45, 7) is 4.35. The van der Waals surface area contributed by atoms with Gasteiger partial charge in [-0.1, -0.05) is 12.1 Å². The zero-order valence-electron chi connectivity index (χ0n) is 9.07. The SMILES string of the molecule is CC1CC1c1noc([C@H]2CCCNC2)n1. The van der Waals surface area contributed by atoms with Crippen LogP contribution in [0.2, 0.25) is 0 Å². The summed E-state index contributed by atoms with van der Waals surface area (Å²) in [5, 5.41) is 7.46. The quantitative estimate of drug-likeness (QED) is 0.801. The van der Waals surface area contributed by atoms with Gasteiger partial charge in [-0.2, -0.15) is 4.98 Å². The third-order valence-corrected chi connectivity index (χ3v) is 3.54. The van der Waals surface area contributed by atoms with Gasteiger partial charge in [-0.05, 0) is 31.7 Å². The average molecular weight is 207 g/mol. The highest BCUT2D eigenvalue weighted by Gasteiger charge is 2.38. The van der Waals surface area contributed by atoms with Gasteiger partial charge in [0.1, 0.15) is 0 Å². The summed E-state index contributed by atoms with van der Waals surface area (Å²) < 4.78 is 5.35. The molecule has 1 aliphatic carbocycles. The van der Waals surface area contributed by atoms with Gasteiger partial charge >= 0.3 is 0 Å². The highest BCUT2D eigenvalue weighted by molar-refractivity contribution is 5.09. The minimum absolute atomic E-state index is 0.439. The van der Waals surface area contributed by atoms with Crippen LogP contribution in [0.1, 0.15) is 49.7 Å². The standard InChI is InChI=1S/C11H17N3O/c1-7-5-9(7)10-13-11(15-14-10)8-3-2-4-12-6-8/h7-9,12H,2-6H2,1H3/t7?,8-,9?/m0/s1. The Morgan fingerprint density at radius 3 is 3.00 bits per heavy atom. The second kappa shape index (κ2) is 3.59. The van der Waals surface area contributed by atoms with Crippen LogP contribution in [-0.4, -0.2) is 23.2 Å².